The van der Waals surface area contributed by atoms with E-state index in [2.05, 4.69) is 40.8 Å². The number of rotatable bonds is 6. The summed E-state index contributed by atoms with van der Waals surface area (Å²) < 4.78 is 13.0. The number of aromatic nitrogens is 6. The second kappa shape index (κ2) is 7.56. The standard InChI is InChI=1S/C18H15FN8/c19-14-3-1-12(2-4-14)8-22-18-25-15(13-9-23-24-10-13)7-16(27-18)26-17-11-20-5-6-21-17/h1-7,9-11H,8H2,(H,23,24)(H2,21,22,25,26,27). The van der Waals surface area contributed by atoms with Crippen LogP contribution in [0.4, 0.5) is 22.0 Å². The minimum Gasteiger partial charge on any atom is -0.350 e. The van der Waals surface area contributed by atoms with Gasteiger partial charge in [-0.3, -0.25) is 10.1 Å². The zero-order chi connectivity index (χ0) is 18.5. The van der Waals surface area contributed by atoms with Crippen LogP contribution in [0.1, 0.15) is 5.56 Å². The molecule has 0 radical (unpaired) electrons. The first-order valence-electron chi connectivity index (χ1n) is 8.16. The molecule has 0 amide bonds. The van der Waals surface area contributed by atoms with Crippen molar-refractivity contribution in [1.29, 1.82) is 0 Å². The Kier molecular flexibility index (Phi) is 4.64. The van der Waals surface area contributed by atoms with Gasteiger partial charge < -0.3 is 10.6 Å². The maximum absolute atomic E-state index is 13.0. The number of benzene rings is 1. The van der Waals surface area contributed by atoms with Crippen molar-refractivity contribution in [3.63, 3.8) is 0 Å². The van der Waals surface area contributed by atoms with Gasteiger partial charge in [0.05, 0.1) is 18.1 Å². The van der Waals surface area contributed by atoms with E-state index >= 15 is 0 Å². The Balaban J connectivity index is 1.60. The van der Waals surface area contributed by atoms with Gasteiger partial charge in [0.25, 0.3) is 0 Å². The van der Waals surface area contributed by atoms with Gasteiger partial charge in [-0.2, -0.15) is 10.1 Å². The van der Waals surface area contributed by atoms with Crippen LogP contribution in [0, 0.1) is 5.82 Å². The minimum atomic E-state index is -0.271. The zero-order valence-electron chi connectivity index (χ0n) is 14.1. The van der Waals surface area contributed by atoms with E-state index in [0.717, 1.165) is 11.1 Å². The maximum Gasteiger partial charge on any atom is 0.225 e. The highest BCUT2D eigenvalue weighted by atomic mass is 19.1. The van der Waals surface area contributed by atoms with Crippen LogP contribution in [0.3, 0.4) is 0 Å². The molecule has 3 heterocycles. The molecule has 0 saturated heterocycles. The predicted octanol–water partition coefficient (Wildman–Crippen LogP) is 3.15. The van der Waals surface area contributed by atoms with Crippen molar-refractivity contribution < 1.29 is 4.39 Å². The highest BCUT2D eigenvalue weighted by Gasteiger charge is 2.09. The Morgan fingerprint density at radius 1 is 1.00 bits per heavy atom. The van der Waals surface area contributed by atoms with E-state index in [1.54, 1.807) is 49.2 Å². The van der Waals surface area contributed by atoms with Gasteiger partial charge in [0.15, 0.2) is 0 Å². The number of halogens is 1. The molecular weight excluding hydrogens is 347 g/mol. The summed E-state index contributed by atoms with van der Waals surface area (Å²) in [5.74, 6) is 1.28. The molecule has 0 unspecified atom stereocenters. The second-order valence-corrected chi connectivity index (χ2v) is 5.64. The molecule has 0 aliphatic rings. The lowest BCUT2D eigenvalue weighted by molar-refractivity contribution is 0.627. The average Bonchev–Trinajstić information content (AvgIpc) is 3.23. The van der Waals surface area contributed by atoms with Crippen LogP contribution >= 0.6 is 0 Å². The Morgan fingerprint density at radius 3 is 2.63 bits per heavy atom. The van der Waals surface area contributed by atoms with Crippen molar-refractivity contribution in [3.05, 3.63) is 72.7 Å². The summed E-state index contributed by atoms with van der Waals surface area (Å²) in [5.41, 5.74) is 2.42. The van der Waals surface area contributed by atoms with Gasteiger partial charge >= 0.3 is 0 Å². The molecule has 27 heavy (non-hydrogen) atoms. The van der Waals surface area contributed by atoms with Gasteiger partial charge in [0, 0.05) is 36.8 Å². The molecule has 4 rings (SSSR count). The molecule has 0 aliphatic carbocycles. The first kappa shape index (κ1) is 16.6. The summed E-state index contributed by atoms with van der Waals surface area (Å²) in [6.07, 6.45) is 8.22. The first-order valence-corrected chi connectivity index (χ1v) is 8.16. The average molecular weight is 362 g/mol. The molecule has 134 valence electrons. The van der Waals surface area contributed by atoms with Gasteiger partial charge in [0.1, 0.15) is 17.5 Å². The molecule has 0 saturated carbocycles. The lowest BCUT2D eigenvalue weighted by atomic mass is 10.2. The SMILES string of the molecule is Fc1ccc(CNc2nc(Nc3cnccn3)cc(-c3cn[nH]c3)n2)cc1. The van der Waals surface area contributed by atoms with Gasteiger partial charge in [-0.25, -0.2) is 14.4 Å². The van der Waals surface area contributed by atoms with Crippen molar-refractivity contribution >= 4 is 17.6 Å². The first-order chi connectivity index (χ1) is 13.3. The lowest BCUT2D eigenvalue weighted by Gasteiger charge is -2.10. The fourth-order valence-electron chi connectivity index (χ4n) is 2.41. The number of anilines is 3. The summed E-state index contributed by atoms with van der Waals surface area (Å²) in [6, 6.07) is 8.05. The minimum absolute atomic E-state index is 0.271. The van der Waals surface area contributed by atoms with Crippen molar-refractivity contribution in [2.45, 2.75) is 6.54 Å². The fourth-order valence-corrected chi connectivity index (χ4v) is 2.41. The fraction of sp³-hybridized carbons (Fsp3) is 0.0556. The quantitative estimate of drug-likeness (QED) is 0.484. The zero-order valence-corrected chi connectivity index (χ0v) is 14.1. The molecule has 0 aliphatic heterocycles. The van der Waals surface area contributed by atoms with Gasteiger partial charge in [-0.05, 0) is 17.7 Å². The van der Waals surface area contributed by atoms with Gasteiger partial charge in [-0.15, -0.1) is 0 Å². The molecule has 0 bridgehead atoms. The number of H-pyrrole nitrogens is 1. The molecular formula is C18H15FN8. The van der Waals surface area contributed by atoms with Crippen LogP contribution in [0.5, 0.6) is 0 Å². The smallest absolute Gasteiger partial charge is 0.225 e. The van der Waals surface area contributed by atoms with E-state index in [1.165, 1.54) is 12.1 Å². The summed E-state index contributed by atoms with van der Waals surface area (Å²) in [5, 5.41) is 13.0. The maximum atomic E-state index is 13.0. The van der Waals surface area contributed by atoms with E-state index in [0.29, 0.717) is 29.8 Å². The summed E-state index contributed by atoms with van der Waals surface area (Å²) >= 11 is 0. The van der Waals surface area contributed by atoms with Crippen LogP contribution in [0.15, 0.2) is 61.3 Å². The Morgan fingerprint density at radius 2 is 1.89 bits per heavy atom. The molecule has 3 N–H and O–H groups in total. The highest BCUT2D eigenvalue weighted by Crippen LogP contribution is 2.22. The molecule has 9 heteroatoms. The molecule has 0 spiro atoms. The summed E-state index contributed by atoms with van der Waals surface area (Å²) in [6.45, 7) is 0.458. The summed E-state index contributed by atoms with van der Waals surface area (Å²) in [4.78, 5) is 17.2. The largest absolute Gasteiger partial charge is 0.350 e. The molecule has 4 aromatic rings. The third kappa shape index (κ3) is 4.21. The monoisotopic (exact) mass is 362 g/mol. The second-order valence-electron chi connectivity index (χ2n) is 5.64. The lowest BCUT2D eigenvalue weighted by Crippen LogP contribution is -2.06. The van der Waals surface area contributed by atoms with Crippen LogP contribution in [0.25, 0.3) is 11.3 Å². The Bertz CT molecular complexity index is 1000. The third-order valence-electron chi connectivity index (χ3n) is 3.70. The normalized spacial score (nSPS) is 10.6. The number of hydrogen-bond acceptors (Lipinski definition) is 7. The predicted molar refractivity (Wildman–Crippen MR) is 98.7 cm³/mol. The van der Waals surface area contributed by atoms with Crippen LogP contribution in [-0.4, -0.2) is 30.1 Å². The molecule has 3 aromatic heterocycles. The molecule has 0 atom stereocenters. The summed E-state index contributed by atoms with van der Waals surface area (Å²) in [7, 11) is 0. The van der Waals surface area contributed by atoms with Crippen LogP contribution in [-0.2, 0) is 6.54 Å². The Labute approximate surface area is 154 Å². The Hall–Kier alpha value is -3.88. The van der Waals surface area contributed by atoms with Crippen LogP contribution in [0.2, 0.25) is 0 Å². The van der Waals surface area contributed by atoms with E-state index in [4.69, 9.17) is 0 Å². The van der Waals surface area contributed by atoms with Crippen LogP contribution < -0.4 is 10.6 Å². The van der Waals surface area contributed by atoms with E-state index in [9.17, 15) is 4.39 Å². The number of hydrogen-bond donors (Lipinski definition) is 3. The molecule has 0 fully saturated rings. The van der Waals surface area contributed by atoms with Crippen molar-refractivity contribution in [2.75, 3.05) is 10.6 Å². The van der Waals surface area contributed by atoms with Crippen molar-refractivity contribution in [3.8, 4) is 11.3 Å². The topological polar surface area (TPSA) is 104 Å². The third-order valence-corrected chi connectivity index (χ3v) is 3.70. The highest BCUT2D eigenvalue weighted by molar-refractivity contribution is 5.65. The van der Waals surface area contributed by atoms with E-state index in [-0.39, 0.29) is 5.82 Å². The van der Waals surface area contributed by atoms with Crippen molar-refractivity contribution in [2.24, 2.45) is 0 Å². The van der Waals surface area contributed by atoms with Crippen molar-refractivity contribution in [1.82, 2.24) is 30.1 Å². The van der Waals surface area contributed by atoms with Gasteiger partial charge in [0.2, 0.25) is 5.95 Å². The van der Waals surface area contributed by atoms with E-state index < -0.39 is 0 Å². The molecule has 1 aromatic carbocycles. The number of nitrogens with one attached hydrogen (secondary N) is 3. The number of nitrogens with zero attached hydrogens (tertiary/aromatic N) is 5. The van der Waals surface area contributed by atoms with E-state index in [1.807, 2.05) is 0 Å². The number of aromatic amines is 1. The molecule has 8 nitrogen and oxygen atoms in total. The van der Waals surface area contributed by atoms with Gasteiger partial charge in [-0.1, -0.05) is 12.1 Å².